The monoisotopic (exact) mass is 510 g/mol. The SMILES string of the molecule is CCC1O[C@H]([C@H](C)c2ccc(-n3cc(-c4cccnc4)nn3)cc2C)C(OCc2ccccc2)[C@@H](C)[C@@H]1C. The molecule has 0 aliphatic carbocycles. The average Bonchev–Trinajstić information content (AvgIpc) is 3.45. The third-order valence-corrected chi connectivity index (χ3v) is 8.23. The molecule has 1 aliphatic heterocycles. The number of aromatic nitrogens is 4. The molecule has 0 bridgehead atoms. The number of nitrogens with zero attached hydrogens (tertiary/aromatic N) is 4. The van der Waals surface area contributed by atoms with Crippen LogP contribution >= 0.6 is 0 Å². The second kappa shape index (κ2) is 11.6. The lowest BCUT2D eigenvalue weighted by Crippen LogP contribution is -2.52. The summed E-state index contributed by atoms with van der Waals surface area (Å²) in [5.41, 5.74) is 6.40. The molecule has 0 N–H and O–H groups in total. The Balaban J connectivity index is 1.38. The van der Waals surface area contributed by atoms with Crippen LogP contribution in [-0.2, 0) is 16.1 Å². The molecular weight excluding hydrogens is 472 g/mol. The van der Waals surface area contributed by atoms with E-state index >= 15 is 0 Å². The summed E-state index contributed by atoms with van der Waals surface area (Å²) in [7, 11) is 0. The molecule has 0 radical (unpaired) electrons. The molecule has 1 saturated heterocycles. The Morgan fingerprint density at radius 2 is 1.84 bits per heavy atom. The lowest BCUT2D eigenvalue weighted by Gasteiger charge is -2.47. The first-order valence-corrected chi connectivity index (χ1v) is 13.7. The molecule has 2 aromatic carbocycles. The molecule has 5 rings (SSSR count). The van der Waals surface area contributed by atoms with Crippen molar-refractivity contribution >= 4 is 0 Å². The summed E-state index contributed by atoms with van der Waals surface area (Å²) < 4.78 is 15.2. The van der Waals surface area contributed by atoms with Crippen molar-refractivity contribution in [2.24, 2.45) is 11.8 Å². The second-order valence-corrected chi connectivity index (χ2v) is 10.6. The van der Waals surface area contributed by atoms with Crippen LogP contribution in [0.15, 0.2) is 79.3 Å². The zero-order valence-electron chi connectivity index (χ0n) is 23.0. The van der Waals surface area contributed by atoms with Gasteiger partial charge in [0.05, 0.1) is 36.8 Å². The average molecular weight is 511 g/mol. The molecule has 6 heteroatoms. The molecule has 6 atom stereocenters. The molecule has 1 aliphatic rings. The van der Waals surface area contributed by atoms with Crippen molar-refractivity contribution in [3.63, 3.8) is 0 Å². The van der Waals surface area contributed by atoms with E-state index < -0.39 is 0 Å². The van der Waals surface area contributed by atoms with Gasteiger partial charge in [0.25, 0.3) is 0 Å². The fourth-order valence-electron chi connectivity index (χ4n) is 5.75. The Kier molecular flexibility index (Phi) is 8.01. The van der Waals surface area contributed by atoms with Crippen LogP contribution in [0.1, 0.15) is 56.7 Å². The molecule has 198 valence electrons. The van der Waals surface area contributed by atoms with Gasteiger partial charge in [-0.1, -0.05) is 69.3 Å². The Labute approximate surface area is 226 Å². The number of hydrogen-bond donors (Lipinski definition) is 0. The Hall–Kier alpha value is -3.35. The van der Waals surface area contributed by atoms with E-state index in [2.05, 4.69) is 92.4 Å². The number of benzene rings is 2. The van der Waals surface area contributed by atoms with Gasteiger partial charge < -0.3 is 9.47 Å². The quantitative estimate of drug-likeness (QED) is 0.262. The van der Waals surface area contributed by atoms with E-state index in [1.807, 2.05) is 29.1 Å². The van der Waals surface area contributed by atoms with Crippen LogP contribution < -0.4 is 0 Å². The first-order valence-electron chi connectivity index (χ1n) is 13.7. The fourth-order valence-corrected chi connectivity index (χ4v) is 5.75. The van der Waals surface area contributed by atoms with Crippen LogP contribution in [0.2, 0.25) is 0 Å². The van der Waals surface area contributed by atoms with Gasteiger partial charge in [0.15, 0.2) is 0 Å². The van der Waals surface area contributed by atoms with Crippen molar-refractivity contribution in [1.82, 2.24) is 20.0 Å². The molecule has 3 heterocycles. The molecule has 2 unspecified atom stereocenters. The molecular formula is C32H38N4O2. The number of hydrogen-bond acceptors (Lipinski definition) is 5. The van der Waals surface area contributed by atoms with Crippen LogP contribution in [0.3, 0.4) is 0 Å². The molecule has 6 nitrogen and oxygen atoms in total. The number of rotatable bonds is 8. The highest BCUT2D eigenvalue weighted by molar-refractivity contribution is 5.56. The normalized spacial score (nSPS) is 24.3. The van der Waals surface area contributed by atoms with Gasteiger partial charge in [-0.05, 0) is 66.1 Å². The van der Waals surface area contributed by atoms with Crippen molar-refractivity contribution in [2.45, 2.75) is 71.9 Å². The summed E-state index contributed by atoms with van der Waals surface area (Å²) >= 11 is 0. The van der Waals surface area contributed by atoms with Crippen LogP contribution in [0.5, 0.6) is 0 Å². The van der Waals surface area contributed by atoms with E-state index in [1.165, 1.54) is 16.7 Å². The summed E-state index contributed by atoms with van der Waals surface area (Å²) in [6.07, 6.45) is 6.73. The lowest BCUT2D eigenvalue weighted by atomic mass is 9.76. The first-order chi connectivity index (χ1) is 18.5. The standard InChI is InChI=1S/C32H38N4O2/c1-6-30-22(3)23(4)31(37-20-25-11-8-7-9-12-25)32(38-30)24(5)28-15-14-27(17-21(28)2)36-19-29(34-35-36)26-13-10-16-33-18-26/h7-19,22-24,30-32H,6,20H2,1-5H3/t22-,23-,24+,30?,31?,32+/m0/s1. The van der Waals surface area contributed by atoms with Gasteiger partial charge in [-0.3, -0.25) is 4.98 Å². The highest BCUT2D eigenvalue weighted by Crippen LogP contribution is 2.40. The Morgan fingerprint density at radius 1 is 1.03 bits per heavy atom. The predicted molar refractivity (Wildman–Crippen MR) is 150 cm³/mol. The summed E-state index contributed by atoms with van der Waals surface area (Å²) in [6.45, 7) is 11.9. The zero-order valence-corrected chi connectivity index (χ0v) is 23.0. The van der Waals surface area contributed by atoms with Crippen molar-refractivity contribution in [3.05, 3.63) is 95.9 Å². The maximum Gasteiger partial charge on any atom is 0.115 e. The maximum atomic E-state index is 6.80. The smallest absolute Gasteiger partial charge is 0.115 e. The fraction of sp³-hybridized carbons (Fsp3) is 0.406. The van der Waals surface area contributed by atoms with E-state index in [-0.39, 0.29) is 24.2 Å². The molecule has 0 spiro atoms. The number of pyridine rings is 1. The Morgan fingerprint density at radius 3 is 2.55 bits per heavy atom. The summed E-state index contributed by atoms with van der Waals surface area (Å²) in [5.74, 6) is 1.01. The van der Waals surface area contributed by atoms with Crippen LogP contribution in [0.4, 0.5) is 0 Å². The van der Waals surface area contributed by atoms with Crippen LogP contribution in [0, 0.1) is 18.8 Å². The second-order valence-electron chi connectivity index (χ2n) is 10.6. The van der Waals surface area contributed by atoms with E-state index in [4.69, 9.17) is 9.47 Å². The van der Waals surface area contributed by atoms with Crippen LogP contribution in [0.25, 0.3) is 16.9 Å². The Bertz CT molecular complexity index is 1320. The van der Waals surface area contributed by atoms with E-state index in [9.17, 15) is 0 Å². The molecule has 1 fully saturated rings. The van der Waals surface area contributed by atoms with Gasteiger partial charge in [-0.2, -0.15) is 0 Å². The largest absolute Gasteiger partial charge is 0.371 e. The van der Waals surface area contributed by atoms with Crippen molar-refractivity contribution in [2.75, 3.05) is 0 Å². The van der Waals surface area contributed by atoms with Crippen molar-refractivity contribution in [1.29, 1.82) is 0 Å². The molecule has 4 aromatic rings. The molecule has 0 amide bonds. The van der Waals surface area contributed by atoms with Gasteiger partial charge >= 0.3 is 0 Å². The van der Waals surface area contributed by atoms with E-state index in [0.717, 1.165) is 23.4 Å². The lowest BCUT2D eigenvalue weighted by molar-refractivity contribution is -0.197. The molecule has 0 saturated carbocycles. The topological polar surface area (TPSA) is 62.1 Å². The predicted octanol–water partition coefficient (Wildman–Crippen LogP) is 6.78. The maximum absolute atomic E-state index is 6.80. The van der Waals surface area contributed by atoms with E-state index in [1.54, 1.807) is 12.4 Å². The van der Waals surface area contributed by atoms with Crippen molar-refractivity contribution in [3.8, 4) is 16.9 Å². The number of ether oxygens (including phenoxy) is 2. The minimum absolute atomic E-state index is 0.0134. The van der Waals surface area contributed by atoms with Gasteiger partial charge in [0, 0.05) is 23.9 Å². The van der Waals surface area contributed by atoms with Crippen LogP contribution in [-0.4, -0.2) is 38.3 Å². The molecule has 2 aromatic heterocycles. The van der Waals surface area contributed by atoms with E-state index in [0.29, 0.717) is 18.4 Å². The summed E-state index contributed by atoms with van der Waals surface area (Å²) in [4.78, 5) is 4.19. The van der Waals surface area contributed by atoms with Gasteiger partial charge in [-0.25, -0.2) is 4.68 Å². The summed E-state index contributed by atoms with van der Waals surface area (Å²) in [6, 6.07) is 20.8. The van der Waals surface area contributed by atoms with Crippen molar-refractivity contribution < 1.29 is 9.47 Å². The third-order valence-electron chi connectivity index (χ3n) is 8.23. The third kappa shape index (κ3) is 5.42. The minimum Gasteiger partial charge on any atom is -0.371 e. The van der Waals surface area contributed by atoms with Gasteiger partial charge in [0.2, 0.25) is 0 Å². The van der Waals surface area contributed by atoms with Gasteiger partial charge in [0.1, 0.15) is 5.69 Å². The summed E-state index contributed by atoms with van der Waals surface area (Å²) in [5, 5.41) is 8.72. The molecule has 38 heavy (non-hydrogen) atoms. The highest BCUT2D eigenvalue weighted by atomic mass is 16.6. The number of aryl methyl sites for hydroxylation is 1. The highest BCUT2D eigenvalue weighted by Gasteiger charge is 2.44. The zero-order chi connectivity index (χ0) is 26.6. The van der Waals surface area contributed by atoms with Gasteiger partial charge in [-0.15, -0.1) is 5.10 Å². The minimum atomic E-state index is -0.0250. The first kappa shape index (κ1) is 26.3.